The van der Waals surface area contributed by atoms with Crippen molar-refractivity contribution >= 4 is 40.3 Å². The first-order valence-electron chi connectivity index (χ1n) is 14.8. The Hall–Kier alpha value is -3.93. The Morgan fingerprint density at radius 1 is 1.17 bits per heavy atom. The van der Waals surface area contributed by atoms with Crippen LogP contribution in [-0.4, -0.2) is 90.8 Å². The highest BCUT2D eigenvalue weighted by Gasteiger charge is 2.50. The molecular formula is C30H37N5O7. The molecule has 0 radical (unpaired) electrons. The summed E-state index contributed by atoms with van der Waals surface area (Å²) in [6, 6.07) is 4.99. The Morgan fingerprint density at radius 3 is 2.76 bits per heavy atom. The van der Waals surface area contributed by atoms with E-state index in [1.807, 2.05) is 18.2 Å². The quantitative estimate of drug-likeness (QED) is 0.321. The van der Waals surface area contributed by atoms with Gasteiger partial charge in [-0.1, -0.05) is 12.5 Å². The van der Waals surface area contributed by atoms with Gasteiger partial charge in [0.25, 0.3) is 11.8 Å². The summed E-state index contributed by atoms with van der Waals surface area (Å²) in [4.78, 5) is 71.4. The molecule has 4 heterocycles. The number of carbonyl (C=O) groups excluding carboxylic acids is 5. The molecule has 12 nitrogen and oxygen atoms in total. The predicted molar refractivity (Wildman–Crippen MR) is 151 cm³/mol. The lowest BCUT2D eigenvalue weighted by atomic mass is 9.91. The number of benzene rings is 1. The third-order valence-corrected chi connectivity index (χ3v) is 9.30. The Balaban J connectivity index is 1.24. The molecule has 0 spiro atoms. The lowest BCUT2D eigenvalue weighted by Gasteiger charge is -2.29. The molecule has 2 aromatic rings. The van der Waals surface area contributed by atoms with Crippen LogP contribution in [0.5, 0.6) is 5.75 Å². The van der Waals surface area contributed by atoms with Crippen molar-refractivity contribution in [1.29, 1.82) is 0 Å². The highest BCUT2D eigenvalue weighted by atomic mass is 16.5. The van der Waals surface area contributed by atoms with Crippen LogP contribution in [0.4, 0.5) is 0 Å². The Bertz CT molecular complexity index is 1400. The van der Waals surface area contributed by atoms with E-state index in [9.17, 15) is 24.0 Å². The van der Waals surface area contributed by atoms with Crippen LogP contribution in [0.15, 0.2) is 24.3 Å². The number of methoxy groups -OCH3 is 1. The molecule has 1 aromatic heterocycles. The van der Waals surface area contributed by atoms with Gasteiger partial charge in [-0.2, -0.15) is 0 Å². The van der Waals surface area contributed by atoms with Crippen molar-refractivity contribution in [3.63, 3.8) is 0 Å². The topological polar surface area (TPSA) is 159 Å². The number of ketones is 1. The number of likely N-dealkylation sites (tertiary alicyclic amines) is 1. The fourth-order valence-corrected chi connectivity index (χ4v) is 7.13. The third kappa shape index (κ3) is 5.35. The van der Waals surface area contributed by atoms with Crippen LogP contribution >= 0.6 is 0 Å². The average Bonchev–Trinajstić information content (AvgIpc) is 3.81. The molecule has 0 bridgehead atoms. The predicted octanol–water partition coefficient (Wildman–Crippen LogP) is 0.902. The van der Waals surface area contributed by atoms with Crippen LogP contribution in [0.1, 0.15) is 49.0 Å². The smallest absolute Gasteiger partial charge is 0.289 e. The van der Waals surface area contributed by atoms with Gasteiger partial charge in [-0.25, -0.2) is 0 Å². The van der Waals surface area contributed by atoms with E-state index in [-0.39, 0.29) is 36.1 Å². The molecule has 12 heteroatoms. The van der Waals surface area contributed by atoms with Gasteiger partial charge in [0.2, 0.25) is 17.6 Å². The van der Waals surface area contributed by atoms with Crippen LogP contribution in [-0.2, 0) is 23.9 Å². The summed E-state index contributed by atoms with van der Waals surface area (Å²) in [7, 11) is 1.57. The van der Waals surface area contributed by atoms with E-state index >= 15 is 0 Å². The van der Waals surface area contributed by atoms with E-state index in [1.165, 1.54) is 0 Å². The second-order valence-electron chi connectivity index (χ2n) is 11.8. The molecular weight excluding hydrogens is 542 g/mol. The molecule has 3 saturated heterocycles. The molecule has 224 valence electrons. The molecule has 4 aliphatic rings. The van der Waals surface area contributed by atoms with Crippen LogP contribution in [0, 0.1) is 17.8 Å². The number of aromatic amines is 1. The second-order valence-corrected chi connectivity index (χ2v) is 11.8. The van der Waals surface area contributed by atoms with Crippen LogP contribution < -0.4 is 20.7 Å². The van der Waals surface area contributed by atoms with Crippen molar-refractivity contribution in [3.05, 3.63) is 30.0 Å². The molecule has 0 unspecified atom stereocenters. The molecule has 3 aliphatic heterocycles. The summed E-state index contributed by atoms with van der Waals surface area (Å²) in [5, 5.41) is 9.04. The van der Waals surface area contributed by atoms with Crippen molar-refractivity contribution < 1.29 is 33.4 Å². The van der Waals surface area contributed by atoms with E-state index in [0.29, 0.717) is 50.6 Å². The minimum absolute atomic E-state index is 0.0154. The summed E-state index contributed by atoms with van der Waals surface area (Å²) < 4.78 is 10.7. The Morgan fingerprint density at radius 2 is 2.02 bits per heavy atom. The minimum Gasteiger partial charge on any atom is -0.496 e. The van der Waals surface area contributed by atoms with E-state index < -0.39 is 35.6 Å². The van der Waals surface area contributed by atoms with Gasteiger partial charge in [-0.15, -0.1) is 0 Å². The summed E-state index contributed by atoms with van der Waals surface area (Å²) in [5.41, 5.74) is 1.10. The second kappa shape index (κ2) is 11.7. The normalized spacial score (nSPS) is 27.5. The molecule has 1 aliphatic carbocycles. The Labute approximate surface area is 243 Å². The van der Waals surface area contributed by atoms with E-state index in [1.54, 1.807) is 18.1 Å². The number of amides is 4. The number of nitrogens with zero attached hydrogens (tertiary/aromatic N) is 1. The van der Waals surface area contributed by atoms with Gasteiger partial charge in [0.15, 0.2) is 0 Å². The first-order valence-corrected chi connectivity index (χ1v) is 14.8. The SMILES string of the molecule is COc1cccc2[nH]c(C(=O)N3C[C@@H]4CCC[C@@H]4[C@H]3C(=O)N[C@@H](C[C@@H]3CCNC3=O)C(=O)C(=O)N[C@@H]3CCOC3)cc12. The molecule has 1 aromatic carbocycles. The number of Topliss-reactive ketones (excluding diaryl/α,β-unsaturated/α-hetero) is 1. The lowest BCUT2D eigenvalue weighted by molar-refractivity contribution is -0.141. The number of aromatic nitrogens is 1. The summed E-state index contributed by atoms with van der Waals surface area (Å²) in [6.07, 6.45) is 3.79. The largest absolute Gasteiger partial charge is 0.496 e. The van der Waals surface area contributed by atoms with E-state index in [4.69, 9.17) is 9.47 Å². The van der Waals surface area contributed by atoms with Gasteiger partial charge in [0.05, 0.1) is 25.8 Å². The number of ether oxygens (including phenoxy) is 2. The van der Waals surface area contributed by atoms with Crippen molar-refractivity contribution in [2.45, 2.75) is 56.7 Å². The van der Waals surface area contributed by atoms with Crippen LogP contribution in [0.2, 0.25) is 0 Å². The molecule has 1 saturated carbocycles. The molecule has 4 fully saturated rings. The van der Waals surface area contributed by atoms with Crippen molar-refractivity contribution in [2.24, 2.45) is 17.8 Å². The minimum atomic E-state index is -1.19. The van der Waals surface area contributed by atoms with Gasteiger partial charge in [0, 0.05) is 36.5 Å². The van der Waals surface area contributed by atoms with Gasteiger partial charge in [-0.05, 0) is 62.1 Å². The lowest BCUT2D eigenvalue weighted by Crippen LogP contribution is -2.56. The fourth-order valence-electron chi connectivity index (χ4n) is 7.13. The molecule has 6 atom stereocenters. The Kier molecular flexibility index (Phi) is 7.89. The zero-order valence-electron chi connectivity index (χ0n) is 23.6. The summed E-state index contributed by atoms with van der Waals surface area (Å²) in [6.45, 7) is 1.73. The van der Waals surface area contributed by atoms with Crippen LogP contribution in [0.3, 0.4) is 0 Å². The van der Waals surface area contributed by atoms with Gasteiger partial charge in [0.1, 0.15) is 17.5 Å². The molecule has 4 amide bonds. The molecule has 6 rings (SSSR count). The summed E-state index contributed by atoms with van der Waals surface area (Å²) in [5.74, 6) is -2.32. The maximum absolute atomic E-state index is 14.0. The molecule has 4 N–H and O–H groups in total. The van der Waals surface area contributed by atoms with Gasteiger partial charge in [-0.3, -0.25) is 24.0 Å². The monoisotopic (exact) mass is 579 g/mol. The van der Waals surface area contributed by atoms with Crippen molar-refractivity contribution in [2.75, 3.05) is 33.4 Å². The van der Waals surface area contributed by atoms with Crippen molar-refractivity contribution in [3.8, 4) is 5.75 Å². The number of nitrogens with one attached hydrogen (secondary N) is 4. The number of H-pyrrole nitrogens is 1. The fraction of sp³-hybridized carbons (Fsp3) is 0.567. The van der Waals surface area contributed by atoms with E-state index in [0.717, 1.165) is 30.2 Å². The zero-order valence-corrected chi connectivity index (χ0v) is 23.6. The van der Waals surface area contributed by atoms with Crippen LogP contribution in [0.25, 0.3) is 10.9 Å². The highest BCUT2D eigenvalue weighted by Crippen LogP contribution is 2.43. The maximum Gasteiger partial charge on any atom is 0.289 e. The zero-order chi connectivity index (χ0) is 29.4. The third-order valence-electron chi connectivity index (χ3n) is 9.30. The maximum atomic E-state index is 14.0. The number of hydrogen-bond acceptors (Lipinski definition) is 7. The number of hydrogen-bond donors (Lipinski definition) is 4. The summed E-state index contributed by atoms with van der Waals surface area (Å²) >= 11 is 0. The standard InChI is InChI=1S/C30H37N5O7/c1-41-24-7-3-6-21-20(24)13-23(33-21)30(40)35-14-17-4-2-5-19(17)25(35)28(38)34-22(12-16-8-10-31-27(16)37)26(36)29(39)32-18-9-11-42-15-18/h3,6-7,13,16-19,22,25,33H,2,4-5,8-12,14-15H2,1H3,(H,31,37)(H,32,39)(H,34,38)/t16-,17-,18+,19-,22-,25-/m0/s1. The molecule has 42 heavy (non-hydrogen) atoms. The average molecular weight is 580 g/mol. The first-order chi connectivity index (χ1) is 20.3. The van der Waals surface area contributed by atoms with Gasteiger partial charge >= 0.3 is 0 Å². The number of carbonyl (C=O) groups is 5. The van der Waals surface area contributed by atoms with Gasteiger partial charge < -0.3 is 35.3 Å². The van der Waals surface area contributed by atoms with Crippen molar-refractivity contribution in [1.82, 2.24) is 25.8 Å². The first kappa shape index (κ1) is 28.2. The van der Waals surface area contributed by atoms with E-state index in [2.05, 4.69) is 20.9 Å². The highest BCUT2D eigenvalue weighted by molar-refractivity contribution is 6.38. The number of rotatable bonds is 9. The number of fused-ring (bicyclic) bond motifs is 2.